The Bertz CT molecular complexity index is 356. The van der Waals surface area contributed by atoms with E-state index in [0.29, 0.717) is 17.7 Å². The van der Waals surface area contributed by atoms with Crippen LogP contribution >= 0.6 is 0 Å². The molecule has 1 aromatic carbocycles. The molecule has 0 aliphatic carbocycles. The highest BCUT2D eigenvalue weighted by atomic mass is 17.2. The van der Waals surface area contributed by atoms with E-state index >= 15 is 0 Å². The minimum atomic E-state index is -0.401. The summed E-state index contributed by atoms with van der Waals surface area (Å²) >= 11 is 0. The summed E-state index contributed by atoms with van der Waals surface area (Å²) in [5.41, 5.74) is 0.542. The number of rotatable bonds is 5. The van der Waals surface area contributed by atoms with Crippen LogP contribution in [0.1, 0.15) is 30.6 Å². The highest BCUT2D eigenvalue weighted by molar-refractivity contribution is 5.74. The van der Waals surface area contributed by atoms with E-state index in [0.717, 1.165) is 6.29 Å². The predicted molar refractivity (Wildman–Crippen MR) is 58.0 cm³/mol. The van der Waals surface area contributed by atoms with Crippen LogP contribution in [-0.2, 0) is 9.68 Å². The van der Waals surface area contributed by atoms with Crippen LogP contribution in [0.2, 0.25) is 0 Å². The van der Waals surface area contributed by atoms with Gasteiger partial charge in [-0.2, -0.15) is 0 Å². The monoisotopic (exact) mass is 222 g/mol. The van der Waals surface area contributed by atoms with Gasteiger partial charge in [-0.1, -0.05) is 13.8 Å². The SMILES string of the molecule is CCC(C)C(=O)OOc1ccc(C=O)cc1. The van der Waals surface area contributed by atoms with Gasteiger partial charge in [0.05, 0.1) is 5.92 Å². The minimum absolute atomic E-state index is 0.186. The Morgan fingerprint density at radius 1 is 1.38 bits per heavy atom. The Morgan fingerprint density at radius 2 is 2.00 bits per heavy atom. The molecule has 16 heavy (non-hydrogen) atoms. The molecule has 0 aliphatic heterocycles. The number of benzene rings is 1. The maximum atomic E-state index is 11.3. The first-order chi connectivity index (χ1) is 7.67. The van der Waals surface area contributed by atoms with E-state index in [1.807, 2.05) is 6.92 Å². The zero-order valence-electron chi connectivity index (χ0n) is 9.30. The topological polar surface area (TPSA) is 52.6 Å². The first-order valence-electron chi connectivity index (χ1n) is 5.11. The lowest BCUT2D eigenvalue weighted by molar-refractivity contribution is -0.218. The fourth-order valence-electron chi connectivity index (χ4n) is 0.940. The predicted octanol–water partition coefficient (Wildman–Crippen LogP) is 2.38. The summed E-state index contributed by atoms with van der Waals surface area (Å²) in [6, 6.07) is 6.29. The number of hydrogen-bond donors (Lipinski definition) is 0. The lowest BCUT2D eigenvalue weighted by Crippen LogP contribution is -2.15. The van der Waals surface area contributed by atoms with Crippen molar-refractivity contribution in [2.24, 2.45) is 5.92 Å². The molecule has 1 rings (SSSR count). The molecule has 0 saturated heterocycles. The van der Waals surface area contributed by atoms with Crippen LogP contribution in [0, 0.1) is 5.92 Å². The van der Waals surface area contributed by atoms with Gasteiger partial charge < -0.3 is 0 Å². The summed E-state index contributed by atoms with van der Waals surface area (Å²) in [4.78, 5) is 31.1. The van der Waals surface area contributed by atoms with Gasteiger partial charge in [-0.15, -0.1) is 0 Å². The lowest BCUT2D eigenvalue weighted by atomic mass is 10.1. The van der Waals surface area contributed by atoms with Crippen molar-refractivity contribution in [3.8, 4) is 5.75 Å². The quantitative estimate of drug-likeness (QED) is 0.436. The van der Waals surface area contributed by atoms with Gasteiger partial charge >= 0.3 is 5.97 Å². The van der Waals surface area contributed by atoms with Crippen LogP contribution in [0.15, 0.2) is 24.3 Å². The molecule has 0 amide bonds. The fourth-order valence-corrected chi connectivity index (χ4v) is 0.940. The molecule has 86 valence electrons. The van der Waals surface area contributed by atoms with Gasteiger partial charge in [0, 0.05) is 5.56 Å². The second-order valence-electron chi connectivity index (χ2n) is 3.48. The van der Waals surface area contributed by atoms with Crippen molar-refractivity contribution in [1.82, 2.24) is 0 Å². The first kappa shape index (κ1) is 12.2. The summed E-state index contributed by atoms with van der Waals surface area (Å²) in [6.45, 7) is 3.66. The van der Waals surface area contributed by atoms with Gasteiger partial charge in [0.25, 0.3) is 0 Å². The smallest absolute Gasteiger partial charge is 0.298 e. The Labute approximate surface area is 94.1 Å². The van der Waals surface area contributed by atoms with E-state index in [1.54, 1.807) is 31.2 Å². The van der Waals surface area contributed by atoms with E-state index in [1.165, 1.54) is 0 Å². The van der Waals surface area contributed by atoms with Gasteiger partial charge in [-0.25, -0.2) is 4.79 Å². The van der Waals surface area contributed by atoms with Crippen LogP contribution in [0.3, 0.4) is 0 Å². The molecule has 0 N–H and O–H groups in total. The molecule has 0 fully saturated rings. The molecule has 0 aliphatic rings. The van der Waals surface area contributed by atoms with Crippen molar-refractivity contribution in [3.05, 3.63) is 29.8 Å². The Kier molecular flexibility index (Phi) is 4.51. The summed E-state index contributed by atoms with van der Waals surface area (Å²) in [7, 11) is 0. The largest absolute Gasteiger partial charge is 0.358 e. The first-order valence-corrected chi connectivity index (χ1v) is 5.11. The molecule has 0 bridgehead atoms. The minimum Gasteiger partial charge on any atom is -0.298 e. The lowest BCUT2D eigenvalue weighted by Gasteiger charge is -2.07. The molecule has 0 spiro atoms. The molecule has 0 saturated carbocycles. The van der Waals surface area contributed by atoms with Crippen LogP contribution < -0.4 is 4.89 Å². The Hall–Kier alpha value is -1.84. The molecule has 0 radical (unpaired) electrons. The van der Waals surface area contributed by atoms with Crippen molar-refractivity contribution >= 4 is 12.3 Å². The number of aldehydes is 1. The second-order valence-corrected chi connectivity index (χ2v) is 3.48. The molecule has 4 heteroatoms. The highest BCUT2D eigenvalue weighted by Gasteiger charge is 2.13. The standard InChI is InChI=1S/C12H14O4/c1-3-9(2)12(14)16-15-11-6-4-10(8-13)5-7-11/h4-9H,3H2,1-2H3. The highest BCUT2D eigenvalue weighted by Crippen LogP contribution is 2.12. The maximum absolute atomic E-state index is 11.3. The third kappa shape index (κ3) is 3.38. The van der Waals surface area contributed by atoms with Crippen LogP contribution in [0.25, 0.3) is 0 Å². The van der Waals surface area contributed by atoms with Crippen molar-refractivity contribution in [1.29, 1.82) is 0 Å². The van der Waals surface area contributed by atoms with E-state index in [-0.39, 0.29) is 5.92 Å². The van der Waals surface area contributed by atoms with Gasteiger partial charge in [0.2, 0.25) is 0 Å². The molecular formula is C12H14O4. The van der Waals surface area contributed by atoms with Crippen molar-refractivity contribution in [2.45, 2.75) is 20.3 Å². The Balaban J connectivity index is 2.48. The molecule has 0 heterocycles. The van der Waals surface area contributed by atoms with E-state index in [4.69, 9.17) is 4.89 Å². The molecule has 1 atom stereocenters. The summed E-state index contributed by atoms with van der Waals surface area (Å²) in [5.74, 6) is -0.196. The maximum Gasteiger partial charge on any atom is 0.358 e. The van der Waals surface area contributed by atoms with E-state index in [9.17, 15) is 9.59 Å². The average Bonchev–Trinajstić information content (AvgIpc) is 2.35. The van der Waals surface area contributed by atoms with E-state index < -0.39 is 5.97 Å². The molecular weight excluding hydrogens is 208 g/mol. The Morgan fingerprint density at radius 3 is 2.50 bits per heavy atom. The second kappa shape index (κ2) is 5.90. The van der Waals surface area contributed by atoms with Gasteiger partial charge in [-0.05, 0) is 30.7 Å². The zero-order chi connectivity index (χ0) is 12.0. The fraction of sp³-hybridized carbons (Fsp3) is 0.333. The van der Waals surface area contributed by atoms with E-state index in [2.05, 4.69) is 4.89 Å². The van der Waals surface area contributed by atoms with Crippen molar-refractivity contribution in [3.63, 3.8) is 0 Å². The molecule has 1 unspecified atom stereocenters. The average molecular weight is 222 g/mol. The van der Waals surface area contributed by atoms with Crippen molar-refractivity contribution in [2.75, 3.05) is 0 Å². The third-order valence-electron chi connectivity index (χ3n) is 2.25. The van der Waals surface area contributed by atoms with Crippen LogP contribution in [0.5, 0.6) is 5.75 Å². The molecule has 1 aromatic rings. The number of carbonyl (C=O) groups excluding carboxylic acids is 2. The van der Waals surface area contributed by atoms with Gasteiger partial charge in [-0.3, -0.25) is 14.6 Å². The van der Waals surface area contributed by atoms with Crippen LogP contribution in [-0.4, -0.2) is 12.3 Å². The summed E-state index contributed by atoms with van der Waals surface area (Å²) in [5, 5.41) is 0. The zero-order valence-corrected chi connectivity index (χ0v) is 9.30. The molecule has 4 nitrogen and oxygen atoms in total. The van der Waals surface area contributed by atoms with Crippen LogP contribution in [0.4, 0.5) is 0 Å². The normalized spacial score (nSPS) is 11.6. The number of carbonyl (C=O) groups is 2. The third-order valence-corrected chi connectivity index (χ3v) is 2.25. The van der Waals surface area contributed by atoms with Gasteiger partial charge in [0.15, 0.2) is 5.75 Å². The molecule has 0 aromatic heterocycles. The van der Waals surface area contributed by atoms with Gasteiger partial charge in [0.1, 0.15) is 6.29 Å². The summed E-state index contributed by atoms with van der Waals surface area (Å²) in [6.07, 6.45) is 1.43. The summed E-state index contributed by atoms with van der Waals surface area (Å²) < 4.78 is 0. The number of hydrogen-bond acceptors (Lipinski definition) is 4. The van der Waals surface area contributed by atoms with Crippen molar-refractivity contribution < 1.29 is 19.4 Å².